The maximum atomic E-state index is 12.9. The topological polar surface area (TPSA) is 93.7 Å². The number of hydrogen-bond acceptors (Lipinski definition) is 5. The van der Waals surface area contributed by atoms with Gasteiger partial charge in [-0.05, 0) is 61.6 Å². The van der Waals surface area contributed by atoms with E-state index in [0.717, 1.165) is 18.4 Å². The first-order valence-electron chi connectivity index (χ1n) is 11.6. The van der Waals surface area contributed by atoms with Gasteiger partial charge in [-0.15, -0.1) is 0 Å². The standard InChI is InChI=1S/C26H32N2O5/c1-4-15-32-21-12-7-18(17-22(21)33-16-5-2)24(30)27-20-10-8-19(9-11-20)26(6-3)14-13-23(29)28-25(26)31/h7-12,17H,4-6,13-16H2,1-3H3,(H,27,30)(H,28,29,31). The largest absolute Gasteiger partial charge is 0.490 e. The number of nitrogens with one attached hydrogen (secondary N) is 2. The maximum Gasteiger partial charge on any atom is 0.255 e. The molecule has 0 spiro atoms. The van der Waals surface area contributed by atoms with Crippen LogP contribution in [0.3, 0.4) is 0 Å². The van der Waals surface area contributed by atoms with E-state index in [4.69, 9.17) is 9.47 Å². The lowest BCUT2D eigenvalue weighted by Crippen LogP contribution is -2.51. The molecule has 1 saturated heterocycles. The number of carbonyl (C=O) groups is 3. The predicted molar refractivity (Wildman–Crippen MR) is 127 cm³/mol. The molecule has 0 aliphatic carbocycles. The van der Waals surface area contributed by atoms with Crippen LogP contribution in [0.1, 0.15) is 68.8 Å². The lowest BCUT2D eigenvalue weighted by atomic mass is 9.72. The van der Waals surface area contributed by atoms with Crippen LogP contribution < -0.4 is 20.1 Å². The van der Waals surface area contributed by atoms with Crippen molar-refractivity contribution in [2.24, 2.45) is 0 Å². The number of imide groups is 1. The van der Waals surface area contributed by atoms with E-state index in [2.05, 4.69) is 10.6 Å². The number of hydrogen-bond donors (Lipinski definition) is 2. The van der Waals surface area contributed by atoms with E-state index >= 15 is 0 Å². The summed E-state index contributed by atoms with van der Waals surface area (Å²) in [5, 5.41) is 5.35. The summed E-state index contributed by atoms with van der Waals surface area (Å²) in [4.78, 5) is 37.0. The lowest BCUT2D eigenvalue weighted by molar-refractivity contribution is -0.138. The molecule has 33 heavy (non-hydrogen) atoms. The molecule has 1 unspecified atom stereocenters. The van der Waals surface area contributed by atoms with Gasteiger partial charge in [-0.2, -0.15) is 0 Å². The van der Waals surface area contributed by atoms with E-state index in [0.29, 0.717) is 55.2 Å². The second kappa shape index (κ2) is 11.0. The average Bonchev–Trinajstić information content (AvgIpc) is 2.82. The summed E-state index contributed by atoms with van der Waals surface area (Å²) in [5.41, 5.74) is 1.19. The Hall–Kier alpha value is -3.35. The summed E-state index contributed by atoms with van der Waals surface area (Å²) in [6.07, 6.45) is 3.11. The molecule has 0 radical (unpaired) electrons. The second-order valence-corrected chi connectivity index (χ2v) is 8.20. The van der Waals surface area contributed by atoms with Crippen molar-refractivity contribution in [3.05, 3.63) is 53.6 Å². The average molecular weight is 453 g/mol. The van der Waals surface area contributed by atoms with Crippen LogP contribution in [-0.2, 0) is 15.0 Å². The van der Waals surface area contributed by atoms with E-state index in [1.165, 1.54) is 0 Å². The normalized spacial score (nSPS) is 17.9. The van der Waals surface area contributed by atoms with Gasteiger partial charge >= 0.3 is 0 Å². The van der Waals surface area contributed by atoms with Crippen LogP contribution in [0.15, 0.2) is 42.5 Å². The van der Waals surface area contributed by atoms with Gasteiger partial charge in [-0.25, -0.2) is 0 Å². The van der Waals surface area contributed by atoms with Crippen LogP contribution in [0.2, 0.25) is 0 Å². The zero-order chi connectivity index (χ0) is 23.8. The zero-order valence-electron chi connectivity index (χ0n) is 19.5. The summed E-state index contributed by atoms with van der Waals surface area (Å²) in [5.74, 6) is 0.415. The van der Waals surface area contributed by atoms with Gasteiger partial charge in [0, 0.05) is 17.7 Å². The summed E-state index contributed by atoms with van der Waals surface area (Å²) >= 11 is 0. The van der Waals surface area contributed by atoms with Crippen LogP contribution in [-0.4, -0.2) is 30.9 Å². The first kappa shape index (κ1) is 24.3. The van der Waals surface area contributed by atoms with Crippen molar-refractivity contribution in [3.8, 4) is 11.5 Å². The minimum atomic E-state index is -0.726. The third-order valence-electron chi connectivity index (χ3n) is 5.89. The van der Waals surface area contributed by atoms with Gasteiger partial charge in [-0.3, -0.25) is 19.7 Å². The van der Waals surface area contributed by atoms with Crippen molar-refractivity contribution < 1.29 is 23.9 Å². The monoisotopic (exact) mass is 452 g/mol. The summed E-state index contributed by atoms with van der Waals surface area (Å²) in [6, 6.07) is 12.4. The fraction of sp³-hybridized carbons (Fsp3) is 0.423. The highest BCUT2D eigenvalue weighted by Gasteiger charge is 2.42. The Morgan fingerprint density at radius 3 is 2.24 bits per heavy atom. The third kappa shape index (κ3) is 5.53. The molecule has 1 fully saturated rings. The molecule has 3 amide bonds. The molecular formula is C26H32N2O5. The molecule has 176 valence electrons. The molecule has 0 bridgehead atoms. The summed E-state index contributed by atoms with van der Waals surface area (Å²) in [7, 11) is 0. The quantitative estimate of drug-likeness (QED) is 0.514. The fourth-order valence-corrected chi connectivity index (χ4v) is 3.95. The van der Waals surface area contributed by atoms with E-state index in [1.807, 2.05) is 32.9 Å². The van der Waals surface area contributed by atoms with E-state index in [-0.39, 0.29) is 17.7 Å². The smallest absolute Gasteiger partial charge is 0.255 e. The van der Waals surface area contributed by atoms with E-state index in [9.17, 15) is 14.4 Å². The van der Waals surface area contributed by atoms with Gasteiger partial charge in [0.05, 0.1) is 18.6 Å². The molecule has 7 heteroatoms. The van der Waals surface area contributed by atoms with E-state index in [1.54, 1.807) is 30.3 Å². The number of ether oxygens (including phenoxy) is 2. The first-order valence-corrected chi connectivity index (χ1v) is 11.6. The molecule has 1 aliphatic heterocycles. The highest BCUT2D eigenvalue weighted by molar-refractivity contribution is 6.05. The van der Waals surface area contributed by atoms with Gasteiger partial charge in [0.15, 0.2) is 11.5 Å². The number of benzene rings is 2. The van der Waals surface area contributed by atoms with Gasteiger partial charge in [0.2, 0.25) is 11.8 Å². The molecule has 1 heterocycles. The molecule has 0 aromatic heterocycles. The van der Waals surface area contributed by atoms with Crippen molar-refractivity contribution in [1.82, 2.24) is 5.32 Å². The minimum Gasteiger partial charge on any atom is -0.490 e. The van der Waals surface area contributed by atoms with Crippen molar-refractivity contribution in [2.75, 3.05) is 18.5 Å². The Morgan fingerprint density at radius 2 is 1.64 bits per heavy atom. The van der Waals surface area contributed by atoms with Gasteiger partial charge < -0.3 is 14.8 Å². The zero-order valence-corrected chi connectivity index (χ0v) is 19.5. The third-order valence-corrected chi connectivity index (χ3v) is 5.89. The Morgan fingerprint density at radius 1 is 0.970 bits per heavy atom. The van der Waals surface area contributed by atoms with Crippen LogP contribution in [0, 0.1) is 0 Å². The maximum absolute atomic E-state index is 12.9. The second-order valence-electron chi connectivity index (χ2n) is 8.20. The number of carbonyl (C=O) groups excluding carboxylic acids is 3. The number of amides is 3. The molecule has 0 saturated carbocycles. The number of rotatable bonds is 10. The fourth-order valence-electron chi connectivity index (χ4n) is 3.95. The Bertz CT molecular complexity index is 1000. The Labute approximate surface area is 194 Å². The summed E-state index contributed by atoms with van der Waals surface area (Å²) in [6.45, 7) is 7.10. The molecule has 7 nitrogen and oxygen atoms in total. The SMILES string of the molecule is CCCOc1ccc(C(=O)Nc2ccc(C3(CC)CCC(=O)NC3=O)cc2)cc1OCCC. The lowest BCUT2D eigenvalue weighted by Gasteiger charge is -2.35. The van der Waals surface area contributed by atoms with Crippen molar-refractivity contribution in [2.45, 2.75) is 58.3 Å². The van der Waals surface area contributed by atoms with Gasteiger partial charge in [0.25, 0.3) is 5.91 Å². The predicted octanol–water partition coefficient (Wildman–Crippen LogP) is 4.60. The molecule has 1 atom stereocenters. The molecule has 2 aromatic carbocycles. The molecule has 3 rings (SSSR count). The molecule has 2 N–H and O–H groups in total. The van der Waals surface area contributed by atoms with Crippen molar-refractivity contribution in [1.29, 1.82) is 0 Å². The van der Waals surface area contributed by atoms with Gasteiger partial charge in [0.1, 0.15) is 0 Å². The number of piperidine rings is 1. The molecule has 2 aromatic rings. The van der Waals surface area contributed by atoms with Crippen LogP contribution in [0.25, 0.3) is 0 Å². The van der Waals surface area contributed by atoms with Crippen LogP contribution >= 0.6 is 0 Å². The van der Waals surface area contributed by atoms with Gasteiger partial charge in [-0.1, -0.05) is 32.9 Å². The molecular weight excluding hydrogens is 420 g/mol. The van der Waals surface area contributed by atoms with Crippen molar-refractivity contribution in [3.63, 3.8) is 0 Å². The van der Waals surface area contributed by atoms with Crippen molar-refractivity contribution >= 4 is 23.4 Å². The van der Waals surface area contributed by atoms with E-state index < -0.39 is 5.41 Å². The molecule has 1 aliphatic rings. The van der Waals surface area contributed by atoms with Crippen LogP contribution in [0.5, 0.6) is 11.5 Å². The number of anilines is 1. The highest BCUT2D eigenvalue weighted by Crippen LogP contribution is 2.36. The first-order chi connectivity index (χ1) is 15.9. The Kier molecular flexibility index (Phi) is 8.09. The highest BCUT2D eigenvalue weighted by atomic mass is 16.5. The summed E-state index contributed by atoms with van der Waals surface area (Å²) < 4.78 is 11.5. The minimum absolute atomic E-state index is 0.235. The Balaban J connectivity index is 1.75. The van der Waals surface area contributed by atoms with Crippen LogP contribution in [0.4, 0.5) is 5.69 Å².